The van der Waals surface area contributed by atoms with Gasteiger partial charge in [0, 0.05) is 11.8 Å². The van der Waals surface area contributed by atoms with Crippen LogP contribution in [0.5, 0.6) is 0 Å². The Morgan fingerprint density at radius 2 is 0.950 bits per heavy atom. The highest BCUT2D eigenvalue weighted by Crippen LogP contribution is 2.40. The topological polar surface area (TPSA) is 0 Å². The van der Waals surface area contributed by atoms with Crippen LogP contribution in [0.1, 0.15) is 11.1 Å². The van der Waals surface area contributed by atoms with Gasteiger partial charge in [-0.25, -0.2) is 0 Å². The van der Waals surface area contributed by atoms with Gasteiger partial charge in [-0.3, -0.25) is 0 Å². The minimum absolute atomic E-state index is 1.29. The summed E-state index contributed by atoms with van der Waals surface area (Å²) < 4.78 is 0. The lowest BCUT2D eigenvalue weighted by Crippen LogP contribution is -2.02. The molecule has 0 atom stereocenters. The van der Waals surface area contributed by atoms with Crippen molar-refractivity contribution >= 4 is 10.8 Å². The molecule has 94 valence electrons. The van der Waals surface area contributed by atoms with Crippen LogP contribution in [0, 0.1) is 63.2 Å². The Morgan fingerprint density at radius 1 is 0.500 bits per heavy atom. The first-order chi connectivity index (χ1) is 9.93. The number of hydrogen-bond acceptors (Lipinski definition) is 0. The molecule has 0 aromatic heterocycles. The molecule has 10 radical (unpaired) electrons. The highest BCUT2D eigenvalue weighted by Gasteiger charge is 2.25. The maximum Gasteiger partial charge on any atom is 0.0130 e. The third kappa shape index (κ3) is 2.06. The van der Waals surface area contributed by atoms with Gasteiger partial charge in [0.05, 0.1) is 0 Å². The molecule has 0 N–H and O–H groups in total. The summed E-state index contributed by atoms with van der Waals surface area (Å²) in [6.45, 7) is 0. The van der Waals surface area contributed by atoms with E-state index in [-0.39, 0.29) is 0 Å². The van der Waals surface area contributed by atoms with Crippen LogP contribution in [-0.4, -0.2) is 0 Å². The van der Waals surface area contributed by atoms with Gasteiger partial charge in [-0.2, -0.15) is 0 Å². The smallest absolute Gasteiger partial charge is 0.0130 e. The molecule has 2 aliphatic rings. The number of benzene rings is 2. The summed E-state index contributed by atoms with van der Waals surface area (Å²) in [7, 11) is 0. The first-order valence-electron chi connectivity index (χ1n) is 6.89. The summed E-state index contributed by atoms with van der Waals surface area (Å²) in [4.78, 5) is 0. The fourth-order valence-corrected chi connectivity index (χ4v) is 2.93. The van der Waals surface area contributed by atoms with Crippen molar-refractivity contribution in [3.8, 4) is 0 Å². The summed E-state index contributed by atoms with van der Waals surface area (Å²) in [6.07, 6.45) is 17.1. The molecular weight excluding hydrogens is 240 g/mol. The highest BCUT2D eigenvalue weighted by atomic mass is 14.3. The van der Waals surface area contributed by atoms with Crippen LogP contribution in [0.15, 0.2) is 36.4 Å². The molecule has 2 saturated carbocycles. The van der Waals surface area contributed by atoms with Gasteiger partial charge in [-0.15, -0.1) is 0 Å². The van der Waals surface area contributed by atoms with Crippen molar-refractivity contribution in [3.63, 3.8) is 0 Å². The SMILES string of the molecule is [CH]1[CH][CH][C](c2cccc3cccc([C]4[CH][CH][CH][CH]4)c23)[CH]1. The molecule has 0 nitrogen and oxygen atoms in total. The van der Waals surface area contributed by atoms with E-state index in [0.717, 1.165) is 0 Å². The fourth-order valence-electron chi connectivity index (χ4n) is 2.93. The molecule has 0 unspecified atom stereocenters. The fraction of sp³-hybridized carbons (Fsp3) is 0. The van der Waals surface area contributed by atoms with Crippen LogP contribution < -0.4 is 0 Å². The molecule has 0 aliphatic heterocycles. The second-order valence-corrected chi connectivity index (χ2v) is 5.06. The van der Waals surface area contributed by atoms with E-state index in [1.54, 1.807) is 0 Å². The zero-order valence-corrected chi connectivity index (χ0v) is 11.1. The number of fused-ring (bicyclic) bond motifs is 1. The van der Waals surface area contributed by atoms with E-state index in [2.05, 4.69) is 87.8 Å². The minimum Gasteiger partial charge on any atom is -0.0613 e. The molecule has 0 spiro atoms. The molecule has 2 aliphatic carbocycles. The normalized spacial score (nSPS) is 21.0. The highest BCUT2D eigenvalue weighted by molar-refractivity contribution is 5.94. The predicted molar refractivity (Wildman–Crippen MR) is 83.0 cm³/mol. The number of rotatable bonds is 2. The van der Waals surface area contributed by atoms with Gasteiger partial charge >= 0.3 is 0 Å². The summed E-state index contributed by atoms with van der Waals surface area (Å²) >= 11 is 0. The van der Waals surface area contributed by atoms with Crippen molar-refractivity contribution in [3.05, 3.63) is 111 Å². The van der Waals surface area contributed by atoms with Gasteiger partial charge in [-0.1, -0.05) is 36.4 Å². The van der Waals surface area contributed by atoms with Crippen molar-refractivity contribution in [2.75, 3.05) is 0 Å². The maximum absolute atomic E-state index is 2.21. The Balaban J connectivity index is 1.89. The standard InChI is InChI=1S/C20H14/c1-2-8-15(7-1)18-13-5-11-17-12-6-14-19(20(17)18)16-9-3-4-10-16/h1-14H. The largest absolute Gasteiger partial charge is 0.0613 e. The van der Waals surface area contributed by atoms with Crippen molar-refractivity contribution < 1.29 is 0 Å². The summed E-state index contributed by atoms with van der Waals surface area (Å²) in [6, 6.07) is 13.1. The minimum atomic E-state index is 1.29. The predicted octanol–water partition coefficient (Wildman–Crippen LogP) is 4.35. The van der Waals surface area contributed by atoms with Crippen molar-refractivity contribution in [1.82, 2.24) is 0 Å². The Hall–Kier alpha value is -1.30. The average Bonchev–Trinajstić information content (AvgIpc) is 3.19. The van der Waals surface area contributed by atoms with Gasteiger partial charge in [0.25, 0.3) is 0 Å². The van der Waals surface area contributed by atoms with Crippen molar-refractivity contribution in [1.29, 1.82) is 0 Å². The molecule has 20 heavy (non-hydrogen) atoms. The summed E-state index contributed by atoms with van der Waals surface area (Å²) in [5.41, 5.74) is 2.62. The first-order valence-corrected chi connectivity index (χ1v) is 6.89. The van der Waals surface area contributed by atoms with Crippen LogP contribution in [0.4, 0.5) is 0 Å². The zero-order chi connectivity index (χ0) is 13.4. The Morgan fingerprint density at radius 3 is 1.40 bits per heavy atom. The lowest BCUT2D eigenvalue weighted by atomic mass is 9.85. The monoisotopic (exact) mass is 254 g/mol. The second-order valence-electron chi connectivity index (χ2n) is 5.06. The van der Waals surface area contributed by atoms with Crippen LogP contribution in [0.25, 0.3) is 10.8 Å². The van der Waals surface area contributed by atoms with Crippen molar-refractivity contribution in [2.45, 2.75) is 0 Å². The number of hydrogen-bond donors (Lipinski definition) is 0. The molecule has 2 fully saturated rings. The van der Waals surface area contributed by atoms with Crippen LogP contribution in [-0.2, 0) is 0 Å². The van der Waals surface area contributed by atoms with E-state index in [4.69, 9.17) is 0 Å². The van der Waals surface area contributed by atoms with Gasteiger partial charge in [0.15, 0.2) is 0 Å². The van der Waals surface area contributed by atoms with E-state index in [1.165, 1.54) is 33.7 Å². The van der Waals surface area contributed by atoms with E-state index < -0.39 is 0 Å². The zero-order valence-electron chi connectivity index (χ0n) is 11.1. The van der Waals surface area contributed by atoms with E-state index in [0.29, 0.717) is 0 Å². The third-order valence-corrected chi connectivity index (χ3v) is 3.85. The maximum atomic E-state index is 2.21. The Labute approximate surface area is 122 Å². The lowest BCUT2D eigenvalue weighted by Gasteiger charge is -2.18. The van der Waals surface area contributed by atoms with E-state index in [1.807, 2.05) is 0 Å². The molecule has 0 bridgehead atoms. The van der Waals surface area contributed by atoms with Gasteiger partial charge in [-0.05, 0) is 73.3 Å². The molecule has 0 amide bonds. The Bertz CT molecular complexity index is 548. The first kappa shape index (κ1) is 12.4. The molecule has 0 heteroatoms. The summed E-state index contributed by atoms with van der Waals surface area (Å²) in [5, 5.41) is 2.63. The van der Waals surface area contributed by atoms with Crippen molar-refractivity contribution in [2.24, 2.45) is 0 Å². The molecule has 0 heterocycles. The lowest BCUT2D eigenvalue weighted by molar-refractivity contribution is 1.27. The quantitative estimate of drug-likeness (QED) is 0.747. The van der Waals surface area contributed by atoms with Gasteiger partial charge in [0.1, 0.15) is 0 Å². The molecule has 2 aromatic rings. The van der Waals surface area contributed by atoms with Crippen LogP contribution in [0.2, 0.25) is 0 Å². The Kier molecular flexibility index (Phi) is 3.26. The molecule has 4 rings (SSSR count). The molecular formula is C20H14. The second kappa shape index (κ2) is 5.24. The molecule has 0 saturated heterocycles. The van der Waals surface area contributed by atoms with Gasteiger partial charge < -0.3 is 0 Å². The summed E-state index contributed by atoms with van der Waals surface area (Å²) in [5.74, 6) is 2.57. The molecule has 2 aromatic carbocycles. The third-order valence-electron chi connectivity index (χ3n) is 3.85. The van der Waals surface area contributed by atoms with Crippen LogP contribution in [0.3, 0.4) is 0 Å². The van der Waals surface area contributed by atoms with E-state index in [9.17, 15) is 0 Å². The average molecular weight is 254 g/mol. The van der Waals surface area contributed by atoms with Crippen LogP contribution >= 0.6 is 0 Å². The van der Waals surface area contributed by atoms with Gasteiger partial charge in [0.2, 0.25) is 0 Å². The van der Waals surface area contributed by atoms with E-state index >= 15 is 0 Å².